The van der Waals surface area contributed by atoms with E-state index >= 15 is 0 Å². The molecule has 0 aliphatic heterocycles. The summed E-state index contributed by atoms with van der Waals surface area (Å²) in [5.41, 5.74) is 8.29. The van der Waals surface area contributed by atoms with Gasteiger partial charge in [0.25, 0.3) is 0 Å². The average molecular weight is 262 g/mol. The number of nitrogens with two attached hydrogens (primary N) is 1. The third kappa shape index (κ3) is 2.79. The highest BCUT2D eigenvalue weighted by Crippen LogP contribution is 2.23. The van der Waals surface area contributed by atoms with Crippen molar-refractivity contribution in [3.63, 3.8) is 0 Å². The van der Waals surface area contributed by atoms with Crippen molar-refractivity contribution in [1.29, 1.82) is 0 Å². The Morgan fingerprint density at radius 2 is 2.22 bits per heavy atom. The molecule has 4 nitrogen and oxygen atoms in total. The molecule has 0 unspecified atom stereocenters. The minimum atomic E-state index is 0.596. The molecule has 2 aromatic rings. The maximum Gasteiger partial charge on any atom is 0.137 e. The third-order valence-corrected chi connectivity index (χ3v) is 3.55. The first-order valence-corrected chi connectivity index (χ1v) is 6.98. The molecule has 0 aliphatic rings. The second-order valence-corrected chi connectivity index (χ2v) is 5.08. The second-order valence-electron chi connectivity index (χ2n) is 4.30. The summed E-state index contributed by atoms with van der Waals surface area (Å²) in [5.74, 6) is 1.54. The van der Waals surface area contributed by atoms with E-state index in [1.165, 1.54) is 11.9 Å². The van der Waals surface area contributed by atoms with Gasteiger partial charge in [-0.2, -0.15) is 11.3 Å². The molecule has 0 saturated heterocycles. The molecule has 0 aliphatic carbocycles. The standard InChI is InChI=1S/C13H18N4S/c1-3-4-11-12(14)15-9-16-13(11)17(2)7-10-5-6-18-8-10/h5-6,8-9H,3-4,7H2,1-2H3,(H2,14,15,16). The number of thiophene rings is 1. The Bertz CT molecular complexity index is 496. The number of anilines is 2. The molecule has 2 N–H and O–H groups in total. The van der Waals surface area contributed by atoms with E-state index in [0.717, 1.165) is 30.8 Å². The topological polar surface area (TPSA) is 55.0 Å². The van der Waals surface area contributed by atoms with Crippen LogP contribution in [0.25, 0.3) is 0 Å². The van der Waals surface area contributed by atoms with Crippen LogP contribution in [0.1, 0.15) is 24.5 Å². The molecule has 0 fully saturated rings. The zero-order valence-corrected chi connectivity index (χ0v) is 11.6. The highest BCUT2D eigenvalue weighted by Gasteiger charge is 2.12. The molecule has 0 aromatic carbocycles. The van der Waals surface area contributed by atoms with Gasteiger partial charge in [0.05, 0.1) is 0 Å². The van der Waals surface area contributed by atoms with E-state index in [4.69, 9.17) is 5.73 Å². The predicted molar refractivity (Wildman–Crippen MR) is 76.9 cm³/mol. The number of aromatic nitrogens is 2. The fraction of sp³-hybridized carbons (Fsp3) is 0.385. The number of nitrogen functional groups attached to an aromatic ring is 1. The van der Waals surface area contributed by atoms with E-state index in [1.54, 1.807) is 11.3 Å². The molecule has 2 heterocycles. The second kappa shape index (κ2) is 5.82. The summed E-state index contributed by atoms with van der Waals surface area (Å²) in [4.78, 5) is 10.6. The lowest BCUT2D eigenvalue weighted by Gasteiger charge is -2.21. The molecule has 2 aromatic heterocycles. The zero-order chi connectivity index (χ0) is 13.0. The Balaban J connectivity index is 2.23. The highest BCUT2D eigenvalue weighted by molar-refractivity contribution is 7.07. The first kappa shape index (κ1) is 12.8. The highest BCUT2D eigenvalue weighted by atomic mass is 32.1. The van der Waals surface area contributed by atoms with Gasteiger partial charge >= 0.3 is 0 Å². The van der Waals surface area contributed by atoms with E-state index in [2.05, 4.69) is 38.6 Å². The molecule has 0 saturated carbocycles. The molecule has 5 heteroatoms. The smallest absolute Gasteiger partial charge is 0.137 e. The van der Waals surface area contributed by atoms with E-state index in [1.807, 2.05) is 7.05 Å². The first-order valence-electron chi connectivity index (χ1n) is 6.04. The minimum absolute atomic E-state index is 0.596. The van der Waals surface area contributed by atoms with Crippen LogP contribution in [0.5, 0.6) is 0 Å². The Kier molecular flexibility index (Phi) is 4.15. The largest absolute Gasteiger partial charge is 0.383 e. The van der Waals surface area contributed by atoms with Crippen LogP contribution < -0.4 is 10.6 Å². The lowest BCUT2D eigenvalue weighted by Crippen LogP contribution is -2.20. The molecule has 0 bridgehead atoms. The molecular formula is C13H18N4S. The molecule has 2 rings (SSSR count). The average Bonchev–Trinajstić information content (AvgIpc) is 2.84. The van der Waals surface area contributed by atoms with Gasteiger partial charge in [-0.25, -0.2) is 9.97 Å². The lowest BCUT2D eigenvalue weighted by atomic mass is 10.1. The Labute approximate surface area is 111 Å². The van der Waals surface area contributed by atoms with Gasteiger partial charge in [-0.1, -0.05) is 13.3 Å². The Hall–Kier alpha value is -1.62. The fourth-order valence-corrected chi connectivity index (χ4v) is 2.63. The molecule has 18 heavy (non-hydrogen) atoms. The van der Waals surface area contributed by atoms with Crippen LogP contribution in [0.15, 0.2) is 23.2 Å². The van der Waals surface area contributed by atoms with E-state index in [9.17, 15) is 0 Å². The summed E-state index contributed by atoms with van der Waals surface area (Å²) >= 11 is 1.71. The van der Waals surface area contributed by atoms with E-state index in [0.29, 0.717) is 5.82 Å². The van der Waals surface area contributed by atoms with Crippen LogP contribution in [-0.4, -0.2) is 17.0 Å². The van der Waals surface area contributed by atoms with Gasteiger partial charge in [-0.05, 0) is 28.8 Å². The number of nitrogens with zero attached hydrogens (tertiary/aromatic N) is 3. The maximum atomic E-state index is 5.94. The van der Waals surface area contributed by atoms with Crippen molar-refractivity contribution in [1.82, 2.24) is 9.97 Å². The molecule has 0 atom stereocenters. The number of rotatable bonds is 5. The zero-order valence-electron chi connectivity index (χ0n) is 10.8. The van der Waals surface area contributed by atoms with Crippen molar-refractivity contribution >= 4 is 23.0 Å². The van der Waals surface area contributed by atoms with Crippen LogP contribution in [-0.2, 0) is 13.0 Å². The van der Waals surface area contributed by atoms with Gasteiger partial charge in [-0.15, -0.1) is 0 Å². The molecule has 0 spiro atoms. The Morgan fingerprint density at radius 1 is 1.39 bits per heavy atom. The Morgan fingerprint density at radius 3 is 2.89 bits per heavy atom. The maximum absolute atomic E-state index is 5.94. The summed E-state index contributed by atoms with van der Waals surface area (Å²) in [7, 11) is 2.04. The van der Waals surface area contributed by atoms with Crippen molar-refractivity contribution in [2.45, 2.75) is 26.3 Å². The quantitative estimate of drug-likeness (QED) is 0.900. The summed E-state index contributed by atoms with van der Waals surface area (Å²) < 4.78 is 0. The van der Waals surface area contributed by atoms with Gasteiger partial charge in [-0.3, -0.25) is 0 Å². The summed E-state index contributed by atoms with van der Waals surface area (Å²) in [6, 6.07) is 2.13. The fourth-order valence-electron chi connectivity index (χ4n) is 1.97. The van der Waals surface area contributed by atoms with Crippen LogP contribution in [0, 0.1) is 0 Å². The molecule has 0 radical (unpaired) electrons. The summed E-state index contributed by atoms with van der Waals surface area (Å²) in [6.45, 7) is 2.98. The van der Waals surface area contributed by atoms with Gasteiger partial charge in [0.15, 0.2) is 0 Å². The minimum Gasteiger partial charge on any atom is -0.383 e. The van der Waals surface area contributed by atoms with Crippen LogP contribution >= 0.6 is 11.3 Å². The van der Waals surface area contributed by atoms with Crippen molar-refractivity contribution in [2.24, 2.45) is 0 Å². The normalized spacial score (nSPS) is 10.6. The molecule has 96 valence electrons. The van der Waals surface area contributed by atoms with Crippen molar-refractivity contribution in [3.05, 3.63) is 34.3 Å². The van der Waals surface area contributed by atoms with Crippen LogP contribution in [0.3, 0.4) is 0 Å². The van der Waals surface area contributed by atoms with Gasteiger partial charge in [0, 0.05) is 19.2 Å². The first-order chi connectivity index (χ1) is 8.72. The summed E-state index contributed by atoms with van der Waals surface area (Å²) in [6.07, 6.45) is 3.49. The van der Waals surface area contributed by atoms with E-state index in [-0.39, 0.29) is 0 Å². The van der Waals surface area contributed by atoms with Gasteiger partial charge in [0.1, 0.15) is 18.0 Å². The van der Waals surface area contributed by atoms with Crippen LogP contribution in [0.4, 0.5) is 11.6 Å². The predicted octanol–water partition coefficient (Wildman–Crippen LogP) is 2.71. The van der Waals surface area contributed by atoms with Crippen molar-refractivity contribution in [2.75, 3.05) is 17.7 Å². The van der Waals surface area contributed by atoms with Gasteiger partial charge in [0.2, 0.25) is 0 Å². The van der Waals surface area contributed by atoms with Crippen LogP contribution in [0.2, 0.25) is 0 Å². The third-order valence-electron chi connectivity index (χ3n) is 2.82. The lowest BCUT2D eigenvalue weighted by molar-refractivity contribution is 0.847. The number of hydrogen-bond donors (Lipinski definition) is 1. The molecule has 0 amide bonds. The SMILES string of the molecule is CCCc1c(N)ncnc1N(C)Cc1ccsc1. The van der Waals surface area contributed by atoms with E-state index < -0.39 is 0 Å². The van der Waals surface area contributed by atoms with Crippen molar-refractivity contribution in [3.8, 4) is 0 Å². The van der Waals surface area contributed by atoms with Crippen molar-refractivity contribution < 1.29 is 0 Å². The monoisotopic (exact) mass is 262 g/mol. The molecular weight excluding hydrogens is 244 g/mol. The number of hydrogen-bond acceptors (Lipinski definition) is 5. The summed E-state index contributed by atoms with van der Waals surface area (Å²) in [5, 5.41) is 4.24. The van der Waals surface area contributed by atoms with Gasteiger partial charge < -0.3 is 10.6 Å².